The van der Waals surface area contributed by atoms with Crippen molar-refractivity contribution in [1.82, 2.24) is 0 Å². The largest absolute Gasteiger partial charge is 0.467 e. The van der Waals surface area contributed by atoms with Crippen molar-refractivity contribution in [2.75, 3.05) is 7.11 Å². The number of carbonyl (C=O) groups excluding carboxylic acids is 3. The summed E-state index contributed by atoms with van der Waals surface area (Å²) in [4.78, 5) is 34.0. The predicted octanol–water partition coefficient (Wildman–Crippen LogP) is 0.651. The zero-order valence-corrected chi connectivity index (χ0v) is 12.2. The molecule has 20 heavy (non-hydrogen) atoms. The van der Waals surface area contributed by atoms with E-state index in [4.69, 9.17) is 14.2 Å². The van der Waals surface area contributed by atoms with Gasteiger partial charge in [0.15, 0.2) is 12.2 Å². The summed E-state index contributed by atoms with van der Waals surface area (Å²) >= 11 is 0. The predicted molar refractivity (Wildman–Crippen MR) is 66.3 cm³/mol. The Morgan fingerprint density at radius 1 is 0.950 bits per heavy atom. The lowest BCUT2D eigenvalue weighted by Crippen LogP contribution is -2.54. The lowest BCUT2D eigenvalue weighted by atomic mass is 9.83. The summed E-state index contributed by atoms with van der Waals surface area (Å²) in [6.07, 6.45) is -2.75. The number of methoxy groups -OCH3 is 1. The number of rotatable bonds is 3. The van der Waals surface area contributed by atoms with E-state index in [-0.39, 0.29) is 11.8 Å². The minimum Gasteiger partial charge on any atom is -0.467 e. The molecule has 0 aromatic heterocycles. The monoisotopic (exact) mass is 288 g/mol. The molecule has 1 aliphatic rings. The van der Waals surface area contributed by atoms with Crippen LogP contribution >= 0.6 is 0 Å². The standard InChI is InChI=1S/C13H20O7/c1-6-7(2)11(18-8(3)14)13(19-9(4)15)20-10(6)12(16)17-5/h6-7,10-11,13H,1-5H3/t6-,7+,10?,11?,13?/m1/s1. The number of ether oxygens (including phenoxy) is 4. The fraction of sp³-hybridized carbons (Fsp3) is 0.769. The lowest BCUT2D eigenvalue weighted by Gasteiger charge is -2.41. The molecule has 0 N–H and O–H groups in total. The van der Waals surface area contributed by atoms with Crippen molar-refractivity contribution in [3.05, 3.63) is 0 Å². The van der Waals surface area contributed by atoms with Crippen LogP contribution < -0.4 is 0 Å². The topological polar surface area (TPSA) is 88.1 Å². The molecule has 1 heterocycles. The minimum absolute atomic E-state index is 0.235. The highest BCUT2D eigenvalue weighted by Gasteiger charge is 2.48. The van der Waals surface area contributed by atoms with Crippen molar-refractivity contribution < 1.29 is 33.3 Å². The van der Waals surface area contributed by atoms with Gasteiger partial charge < -0.3 is 18.9 Å². The molecule has 0 amide bonds. The van der Waals surface area contributed by atoms with E-state index >= 15 is 0 Å². The highest BCUT2D eigenvalue weighted by atomic mass is 16.7. The number of esters is 3. The number of hydrogen-bond acceptors (Lipinski definition) is 7. The average Bonchev–Trinajstić information content (AvgIpc) is 2.36. The first-order chi connectivity index (χ1) is 9.27. The van der Waals surface area contributed by atoms with Gasteiger partial charge in [0.25, 0.3) is 0 Å². The fourth-order valence-corrected chi connectivity index (χ4v) is 2.17. The summed E-state index contributed by atoms with van der Waals surface area (Å²) in [5, 5.41) is 0. The Bertz CT molecular complexity index is 392. The van der Waals surface area contributed by atoms with Crippen molar-refractivity contribution in [2.45, 2.75) is 46.2 Å². The third-order valence-electron chi connectivity index (χ3n) is 3.39. The molecule has 0 saturated carbocycles. The van der Waals surface area contributed by atoms with Gasteiger partial charge in [-0.3, -0.25) is 9.59 Å². The van der Waals surface area contributed by atoms with Crippen LogP contribution in [-0.4, -0.2) is 43.5 Å². The zero-order chi connectivity index (χ0) is 15.4. The molecule has 1 saturated heterocycles. The van der Waals surface area contributed by atoms with E-state index in [2.05, 4.69) is 4.74 Å². The third kappa shape index (κ3) is 3.69. The second-order valence-corrected chi connectivity index (χ2v) is 4.85. The van der Waals surface area contributed by atoms with Gasteiger partial charge in [0.1, 0.15) is 0 Å². The van der Waals surface area contributed by atoms with Crippen molar-refractivity contribution in [3.8, 4) is 0 Å². The van der Waals surface area contributed by atoms with Gasteiger partial charge in [0, 0.05) is 19.8 Å². The third-order valence-corrected chi connectivity index (χ3v) is 3.39. The summed E-state index contributed by atoms with van der Waals surface area (Å²) in [6.45, 7) is 6.05. The zero-order valence-electron chi connectivity index (χ0n) is 12.2. The van der Waals surface area contributed by atoms with Crippen molar-refractivity contribution in [3.63, 3.8) is 0 Å². The van der Waals surface area contributed by atoms with Crippen LogP contribution in [0.1, 0.15) is 27.7 Å². The second kappa shape index (κ2) is 6.69. The molecule has 7 heteroatoms. The first kappa shape index (κ1) is 16.4. The summed E-state index contributed by atoms with van der Waals surface area (Å²) < 4.78 is 20.3. The van der Waals surface area contributed by atoms with Gasteiger partial charge in [-0.1, -0.05) is 13.8 Å². The Labute approximate surface area is 117 Å². The fourth-order valence-electron chi connectivity index (χ4n) is 2.17. The Hall–Kier alpha value is -1.63. The quantitative estimate of drug-likeness (QED) is 0.556. The summed E-state index contributed by atoms with van der Waals surface area (Å²) in [5.74, 6) is -2.13. The van der Waals surface area contributed by atoms with Gasteiger partial charge in [-0.05, 0) is 5.92 Å². The van der Waals surface area contributed by atoms with Gasteiger partial charge in [-0.2, -0.15) is 0 Å². The van der Waals surface area contributed by atoms with E-state index in [1.54, 1.807) is 13.8 Å². The summed E-state index contributed by atoms with van der Waals surface area (Å²) in [7, 11) is 1.25. The Morgan fingerprint density at radius 3 is 1.95 bits per heavy atom. The number of carbonyl (C=O) groups is 3. The maximum absolute atomic E-state index is 11.7. The van der Waals surface area contributed by atoms with Crippen LogP contribution in [0.3, 0.4) is 0 Å². The molecule has 1 aliphatic heterocycles. The average molecular weight is 288 g/mol. The molecule has 0 bridgehead atoms. The molecule has 0 aromatic rings. The summed E-state index contributed by atoms with van der Waals surface area (Å²) in [5.41, 5.74) is 0. The Morgan fingerprint density at radius 2 is 1.50 bits per heavy atom. The molecule has 0 aliphatic carbocycles. The van der Waals surface area contributed by atoms with Crippen LogP contribution in [0.25, 0.3) is 0 Å². The van der Waals surface area contributed by atoms with E-state index in [0.717, 1.165) is 0 Å². The molecular formula is C13H20O7. The van der Waals surface area contributed by atoms with Crippen molar-refractivity contribution >= 4 is 17.9 Å². The normalized spacial score (nSPS) is 33.1. The van der Waals surface area contributed by atoms with Crippen LogP contribution in [0.4, 0.5) is 0 Å². The van der Waals surface area contributed by atoms with E-state index in [9.17, 15) is 14.4 Å². The first-order valence-corrected chi connectivity index (χ1v) is 6.35. The maximum Gasteiger partial charge on any atom is 0.335 e. The molecular weight excluding hydrogens is 268 g/mol. The number of hydrogen-bond donors (Lipinski definition) is 0. The molecule has 0 aromatic carbocycles. The molecule has 3 unspecified atom stereocenters. The smallest absolute Gasteiger partial charge is 0.335 e. The maximum atomic E-state index is 11.7. The van der Waals surface area contributed by atoms with Gasteiger partial charge >= 0.3 is 17.9 Å². The first-order valence-electron chi connectivity index (χ1n) is 6.35. The molecule has 0 radical (unpaired) electrons. The van der Waals surface area contributed by atoms with Crippen LogP contribution in [0.15, 0.2) is 0 Å². The van der Waals surface area contributed by atoms with Crippen molar-refractivity contribution in [1.29, 1.82) is 0 Å². The Kier molecular flexibility index (Phi) is 5.50. The SMILES string of the molecule is COC(=O)C1OC(OC(C)=O)C(OC(C)=O)[C@@H](C)[C@H]1C. The van der Waals surface area contributed by atoms with E-state index in [1.807, 2.05) is 0 Å². The van der Waals surface area contributed by atoms with Crippen LogP contribution in [0.2, 0.25) is 0 Å². The van der Waals surface area contributed by atoms with Gasteiger partial charge in [0.05, 0.1) is 7.11 Å². The van der Waals surface area contributed by atoms with Gasteiger partial charge in [0.2, 0.25) is 6.29 Å². The van der Waals surface area contributed by atoms with Crippen molar-refractivity contribution in [2.24, 2.45) is 11.8 Å². The molecule has 114 valence electrons. The van der Waals surface area contributed by atoms with E-state index in [1.165, 1.54) is 21.0 Å². The van der Waals surface area contributed by atoms with E-state index < -0.39 is 36.4 Å². The van der Waals surface area contributed by atoms with Gasteiger partial charge in [-0.25, -0.2) is 4.79 Å². The molecule has 1 fully saturated rings. The van der Waals surface area contributed by atoms with Crippen LogP contribution in [-0.2, 0) is 33.3 Å². The highest BCUT2D eigenvalue weighted by Crippen LogP contribution is 2.33. The Balaban J connectivity index is 2.97. The highest BCUT2D eigenvalue weighted by molar-refractivity contribution is 5.75. The van der Waals surface area contributed by atoms with Crippen LogP contribution in [0.5, 0.6) is 0 Å². The molecule has 0 spiro atoms. The second-order valence-electron chi connectivity index (χ2n) is 4.85. The lowest BCUT2D eigenvalue weighted by molar-refractivity contribution is -0.266. The molecule has 1 rings (SSSR count). The molecule has 5 atom stereocenters. The molecule has 7 nitrogen and oxygen atoms in total. The minimum atomic E-state index is -1.12. The summed E-state index contributed by atoms with van der Waals surface area (Å²) in [6, 6.07) is 0. The van der Waals surface area contributed by atoms with Gasteiger partial charge in [-0.15, -0.1) is 0 Å². The van der Waals surface area contributed by atoms with Crippen LogP contribution in [0, 0.1) is 11.8 Å². The van der Waals surface area contributed by atoms with E-state index in [0.29, 0.717) is 0 Å².